The van der Waals surface area contributed by atoms with E-state index in [-0.39, 0.29) is 17.1 Å². The fraction of sp³-hybridized carbons (Fsp3) is 0.519. The highest BCUT2D eigenvalue weighted by Crippen LogP contribution is 2.44. The molecule has 0 bridgehead atoms. The summed E-state index contributed by atoms with van der Waals surface area (Å²) in [7, 11) is 1.51. The third kappa shape index (κ3) is 6.04. The SMILES string of the molecule is CC#C[C@H](C)OC1=C(C(N)=O)C(CCCOc2ccc(F)cc2)=C(Cl)C(N)(N2CCCCC2)C1OC. The topological polar surface area (TPSA) is 100 Å². The van der Waals surface area contributed by atoms with Crippen LogP contribution in [0.3, 0.4) is 0 Å². The molecule has 1 amide bonds. The van der Waals surface area contributed by atoms with Gasteiger partial charge >= 0.3 is 0 Å². The van der Waals surface area contributed by atoms with Gasteiger partial charge in [-0.25, -0.2) is 4.39 Å². The molecule has 1 fully saturated rings. The summed E-state index contributed by atoms with van der Waals surface area (Å²) in [6, 6.07) is 5.78. The van der Waals surface area contributed by atoms with Gasteiger partial charge in [0, 0.05) is 20.2 Å². The first kappa shape index (κ1) is 28.0. The van der Waals surface area contributed by atoms with E-state index in [9.17, 15) is 9.18 Å². The highest BCUT2D eigenvalue weighted by Gasteiger charge is 2.53. The lowest BCUT2D eigenvalue weighted by atomic mass is 9.82. The molecule has 0 spiro atoms. The number of rotatable bonds is 10. The van der Waals surface area contributed by atoms with E-state index in [1.165, 1.54) is 19.2 Å². The Morgan fingerprint density at radius 2 is 1.94 bits per heavy atom. The van der Waals surface area contributed by atoms with Gasteiger partial charge in [-0.2, -0.15) is 0 Å². The second-order valence-electron chi connectivity index (χ2n) is 8.95. The summed E-state index contributed by atoms with van der Waals surface area (Å²) in [5, 5.41) is 0.313. The van der Waals surface area contributed by atoms with Crippen LogP contribution in [0.15, 0.2) is 46.2 Å². The Bertz CT molecular complexity index is 1060. The van der Waals surface area contributed by atoms with Crippen molar-refractivity contribution in [2.45, 2.75) is 63.8 Å². The maximum atomic E-state index is 13.2. The molecule has 0 aromatic heterocycles. The van der Waals surface area contributed by atoms with Crippen molar-refractivity contribution in [3.63, 3.8) is 0 Å². The number of amides is 1. The van der Waals surface area contributed by atoms with Gasteiger partial charge in [0.2, 0.25) is 0 Å². The molecule has 196 valence electrons. The van der Waals surface area contributed by atoms with Crippen LogP contribution in [0.4, 0.5) is 4.39 Å². The lowest BCUT2D eigenvalue weighted by Crippen LogP contribution is -2.67. The summed E-state index contributed by atoms with van der Waals surface area (Å²) in [4.78, 5) is 14.9. The van der Waals surface area contributed by atoms with E-state index in [4.69, 9.17) is 37.3 Å². The number of hydrogen-bond donors (Lipinski definition) is 2. The molecule has 1 aromatic carbocycles. The van der Waals surface area contributed by atoms with Crippen LogP contribution in [0, 0.1) is 17.7 Å². The third-order valence-electron chi connectivity index (χ3n) is 6.47. The molecule has 1 aliphatic heterocycles. The van der Waals surface area contributed by atoms with Gasteiger partial charge < -0.3 is 25.7 Å². The highest BCUT2D eigenvalue weighted by atomic mass is 35.5. The zero-order valence-corrected chi connectivity index (χ0v) is 21.9. The number of benzene rings is 1. The van der Waals surface area contributed by atoms with Gasteiger partial charge in [0.25, 0.3) is 5.91 Å². The third-order valence-corrected chi connectivity index (χ3v) is 7.00. The molecule has 4 N–H and O–H groups in total. The molecule has 1 aromatic rings. The first-order chi connectivity index (χ1) is 17.2. The van der Waals surface area contributed by atoms with Crippen molar-refractivity contribution < 1.29 is 23.4 Å². The fourth-order valence-corrected chi connectivity index (χ4v) is 5.23. The van der Waals surface area contributed by atoms with Gasteiger partial charge in [0.15, 0.2) is 12.2 Å². The lowest BCUT2D eigenvalue weighted by molar-refractivity contribution is -0.115. The number of halogens is 2. The van der Waals surface area contributed by atoms with E-state index >= 15 is 0 Å². The van der Waals surface area contributed by atoms with Gasteiger partial charge in [-0.05, 0) is 69.4 Å². The number of methoxy groups -OCH3 is 1. The van der Waals surface area contributed by atoms with E-state index in [1.54, 1.807) is 26.0 Å². The van der Waals surface area contributed by atoms with Crippen LogP contribution < -0.4 is 16.2 Å². The number of primary amides is 1. The molecule has 36 heavy (non-hydrogen) atoms. The van der Waals surface area contributed by atoms with Crippen LogP contribution in [-0.4, -0.2) is 55.5 Å². The monoisotopic (exact) mass is 519 g/mol. The van der Waals surface area contributed by atoms with E-state index in [1.807, 2.05) is 0 Å². The summed E-state index contributed by atoms with van der Waals surface area (Å²) >= 11 is 7.04. The zero-order valence-electron chi connectivity index (χ0n) is 21.1. The van der Waals surface area contributed by atoms with E-state index in [0.29, 0.717) is 35.8 Å². The minimum Gasteiger partial charge on any atom is -0.494 e. The van der Waals surface area contributed by atoms with Crippen LogP contribution >= 0.6 is 11.6 Å². The summed E-state index contributed by atoms with van der Waals surface area (Å²) in [6.07, 6.45) is 2.54. The molecule has 3 atom stereocenters. The summed E-state index contributed by atoms with van der Waals surface area (Å²) in [6.45, 7) is 5.27. The first-order valence-corrected chi connectivity index (χ1v) is 12.6. The lowest BCUT2D eigenvalue weighted by Gasteiger charge is -2.50. The molecule has 1 heterocycles. The molecular formula is C27H35ClFN3O4. The fourth-order valence-electron chi connectivity index (χ4n) is 4.82. The molecule has 2 unspecified atom stereocenters. The number of nitrogens with two attached hydrogens (primary N) is 2. The van der Waals surface area contributed by atoms with Crippen LogP contribution in [0.1, 0.15) is 46.0 Å². The molecule has 3 rings (SSSR count). The Morgan fingerprint density at radius 1 is 1.28 bits per heavy atom. The number of hydrogen-bond acceptors (Lipinski definition) is 6. The minimum absolute atomic E-state index is 0.163. The van der Waals surface area contributed by atoms with Crippen LogP contribution in [0.25, 0.3) is 0 Å². The molecule has 1 saturated heterocycles. The number of carbonyl (C=O) groups excluding carboxylic acids is 1. The van der Waals surface area contributed by atoms with Crippen LogP contribution in [0.2, 0.25) is 0 Å². The van der Waals surface area contributed by atoms with Gasteiger partial charge in [-0.1, -0.05) is 23.9 Å². The quantitative estimate of drug-likeness (QED) is 0.360. The highest BCUT2D eigenvalue weighted by molar-refractivity contribution is 6.32. The first-order valence-electron chi connectivity index (χ1n) is 12.2. The van der Waals surface area contributed by atoms with Gasteiger partial charge in [0.1, 0.15) is 23.0 Å². The number of piperidine rings is 1. The number of nitrogens with zero attached hydrogens (tertiary/aromatic N) is 1. The Hall–Kier alpha value is -2.57. The number of carbonyl (C=O) groups is 1. The van der Waals surface area contributed by atoms with Gasteiger partial charge in [-0.15, -0.1) is 5.92 Å². The second kappa shape index (κ2) is 12.6. The van der Waals surface area contributed by atoms with Crippen molar-refractivity contribution in [3.05, 3.63) is 52.0 Å². The summed E-state index contributed by atoms with van der Waals surface area (Å²) in [5.74, 6) is 5.53. The van der Waals surface area contributed by atoms with Crippen molar-refractivity contribution >= 4 is 17.5 Å². The molecular weight excluding hydrogens is 485 g/mol. The van der Waals surface area contributed by atoms with Crippen molar-refractivity contribution in [1.29, 1.82) is 0 Å². The van der Waals surface area contributed by atoms with E-state index < -0.39 is 23.8 Å². The summed E-state index contributed by atoms with van der Waals surface area (Å²) in [5.41, 5.74) is 12.4. The number of ether oxygens (including phenoxy) is 3. The predicted octanol–water partition coefficient (Wildman–Crippen LogP) is 3.81. The minimum atomic E-state index is -1.24. The molecule has 0 saturated carbocycles. The average Bonchev–Trinajstić information content (AvgIpc) is 2.86. The Morgan fingerprint density at radius 3 is 2.53 bits per heavy atom. The normalized spacial score (nSPS) is 23.7. The molecule has 9 heteroatoms. The second-order valence-corrected chi connectivity index (χ2v) is 9.32. The molecule has 0 radical (unpaired) electrons. The Balaban J connectivity index is 1.98. The van der Waals surface area contributed by atoms with E-state index in [2.05, 4.69) is 16.7 Å². The molecule has 1 aliphatic carbocycles. The van der Waals surface area contributed by atoms with Crippen LogP contribution in [-0.2, 0) is 14.3 Å². The maximum absolute atomic E-state index is 13.2. The zero-order chi connectivity index (χ0) is 26.3. The largest absolute Gasteiger partial charge is 0.494 e. The average molecular weight is 520 g/mol. The van der Waals surface area contributed by atoms with Gasteiger partial charge in [0.05, 0.1) is 17.2 Å². The number of likely N-dealkylation sites (tertiary alicyclic amines) is 1. The smallest absolute Gasteiger partial charge is 0.252 e. The Labute approximate surface area is 217 Å². The van der Waals surface area contributed by atoms with Crippen molar-refractivity contribution in [1.82, 2.24) is 4.90 Å². The standard InChI is InChI=1S/C27H35ClFN3O4/c1-4-9-18(2)36-23-22(26(30)33)21(10-8-17-35-20-13-11-19(29)12-14-20)24(28)27(31,25(23)34-3)32-15-6-5-7-16-32/h11-14,18,25H,5-8,10,15-17,31H2,1-3H3,(H2,30,33)/t18-,25?,27?/m0/s1. The molecule has 2 aliphatic rings. The van der Waals surface area contributed by atoms with Crippen molar-refractivity contribution in [2.24, 2.45) is 11.5 Å². The van der Waals surface area contributed by atoms with E-state index in [0.717, 1.165) is 32.4 Å². The van der Waals surface area contributed by atoms with Crippen molar-refractivity contribution in [2.75, 3.05) is 26.8 Å². The van der Waals surface area contributed by atoms with Crippen molar-refractivity contribution in [3.8, 4) is 17.6 Å². The van der Waals surface area contributed by atoms with Gasteiger partial charge in [-0.3, -0.25) is 9.69 Å². The Kier molecular flexibility index (Phi) is 9.80. The summed E-state index contributed by atoms with van der Waals surface area (Å²) < 4.78 is 30.9. The molecule has 7 nitrogen and oxygen atoms in total. The van der Waals surface area contributed by atoms with Crippen LogP contribution in [0.5, 0.6) is 5.75 Å². The predicted molar refractivity (Wildman–Crippen MR) is 137 cm³/mol. The maximum Gasteiger partial charge on any atom is 0.252 e.